The quantitative estimate of drug-likeness (QED) is 0.660. The number of hydrogen-bond acceptors (Lipinski definition) is 1. The first-order valence-electron chi connectivity index (χ1n) is 5.20. The standard InChI is InChI=1S/C13H13N/c1-9-7-11-3-2-4-12(10-5-6-10)13(11)14-8-9/h2-4,7-8,10H,5-6H2,1H3. The minimum atomic E-state index is 0.786. The first kappa shape index (κ1) is 7.98. The van der Waals surface area contributed by atoms with Crippen LogP contribution in [0.2, 0.25) is 0 Å². The van der Waals surface area contributed by atoms with E-state index in [-0.39, 0.29) is 0 Å². The third-order valence-corrected chi connectivity index (χ3v) is 2.90. The van der Waals surface area contributed by atoms with Crippen LogP contribution in [0.3, 0.4) is 0 Å². The third-order valence-electron chi connectivity index (χ3n) is 2.90. The van der Waals surface area contributed by atoms with Gasteiger partial charge in [-0.15, -0.1) is 0 Å². The molecule has 0 atom stereocenters. The molecule has 2 aromatic rings. The van der Waals surface area contributed by atoms with Crippen LogP contribution in [0.4, 0.5) is 0 Å². The van der Waals surface area contributed by atoms with Gasteiger partial charge < -0.3 is 0 Å². The van der Waals surface area contributed by atoms with Gasteiger partial charge in [-0.2, -0.15) is 0 Å². The molecule has 1 aromatic heterocycles. The highest BCUT2D eigenvalue weighted by molar-refractivity contribution is 5.83. The zero-order valence-electron chi connectivity index (χ0n) is 8.33. The van der Waals surface area contributed by atoms with Crippen LogP contribution in [0.1, 0.15) is 29.9 Å². The Morgan fingerprint density at radius 2 is 2.14 bits per heavy atom. The fourth-order valence-electron chi connectivity index (χ4n) is 2.02. The molecule has 1 heteroatoms. The average molecular weight is 183 g/mol. The Hall–Kier alpha value is -1.37. The van der Waals surface area contributed by atoms with E-state index in [1.807, 2.05) is 6.20 Å². The minimum absolute atomic E-state index is 0.786. The Labute approximate surface area is 83.8 Å². The van der Waals surface area contributed by atoms with Crippen molar-refractivity contribution in [1.82, 2.24) is 4.98 Å². The van der Waals surface area contributed by atoms with Gasteiger partial charge in [0.15, 0.2) is 0 Å². The summed E-state index contributed by atoms with van der Waals surface area (Å²) in [6.07, 6.45) is 4.65. The van der Waals surface area contributed by atoms with Crippen molar-refractivity contribution in [2.75, 3.05) is 0 Å². The van der Waals surface area contributed by atoms with Gasteiger partial charge in [0.25, 0.3) is 0 Å². The summed E-state index contributed by atoms with van der Waals surface area (Å²) in [5, 5.41) is 1.29. The van der Waals surface area contributed by atoms with E-state index in [1.165, 1.54) is 34.9 Å². The van der Waals surface area contributed by atoms with Gasteiger partial charge in [0, 0.05) is 11.6 Å². The highest BCUT2D eigenvalue weighted by Gasteiger charge is 2.25. The summed E-state index contributed by atoms with van der Waals surface area (Å²) in [5.74, 6) is 0.786. The topological polar surface area (TPSA) is 12.9 Å². The molecular formula is C13H13N. The number of aryl methyl sites for hydroxylation is 1. The van der Waals surface area contributed by atoms with Crippen LogP contribution in [-0.2, 0) is 0 Å². The van der Waals surface area contributed by atoms with Crippen LogP contribution in [0.15, 0.2) is 30.5 Å². The molecule has 0 aliphatic heterocycles. The monoisotopic (exact) mass is 183 g/mol. The molecular weight excluding hydrogens is 170 g/mol. The lowest BCUT2D eigenvalue weighted by molar-refractivity contribution is 1.13. The molecule has 0 bridgehead atoms. The van der Waals surface area contributed by atoms with Crippen molar-refractivity contribution in [3.8, 4) is 0 Å². The molecule has 0 unspecified atom stereocenters. The predicted octanol–water partition coefficient (Wildman–Crippen LogP) is 3.42. The summed E-state index contributed by atoms with van der Waals surface area (Å²) in [4.78, 5) is 4.54. The maximum atomic E-state index is 4.54. The smallest absolute Gasteiger partial charge is 0.0736 e. The number of nitrogens with zero attached hydrogens (tertiary/aromatic N) is 1. The van der Waals surface area contributed by atoms with Crippen molar-refractivity contribution in [1.29, 1.82) is 0 Å². The molecule has 1 heterocycles. The molecule has 1 nitrogen and oxygen atoms in total. The van der Waals surface area contributed by atoms with E-state index >= 15 is 0 Å². The highest BCUT2D eigenvalue weighted by atomic mass is 14.7. The minimum Gasteiger partial charge on any atom is -0.256 e. The van der Waals surface area contributed by atoms with Crippen LogP contribution < -0.4 is 0 Å². The number of pyridine rings is 1. The molecule has 0 N–H and O–H groups in total. The lowest BCUT2D eigenvalue weighted by Crippen LogP contribution is -1.87. The van der Waals surface area contributed by atoms with Gasteiger partial charge >= 0.3 is 0 Å². The van der Waals surface area contributed by atoms with E-state index in [2.05, 4.69) is 36.2 Å². The van der Waals surface area contributed by atoms with Crippen LogP contribution in [0.5, 0.6) is 0 Å². The van der Waals surface area contributed by atoms with Gasteiger partial charge in [-0.25, -0.2) is 0 Å². The molecule has 0 spiro atoms. The Morgan fingerprint density at radius 1 is 1.29 bits per heavy atom. The molecule has 3 rings (SSSR count). The van der Waals surface area contributed by atoms with Crippen LogP contribution in [0, 0.1) is 6.92 Å². The van der Waals surface area contributed by atoms with Gasteiger partial charge in [-0.05, 0) is 42.9 Å². The lowest BCUT2D eigenvalue weighted by Gasteiger charge is -2.04. The summed E-state index contributed by atoms with van der Waals surface area (Å²) in [5.41, 5.74) is 3.90. The summed E-state index contributed by atoms with van der Waals surface area (Å²) >= 11 is 0. The normalized spacial score (nSPS) is 16.1. The van der Waals surface area contributed by atoms with E-state index in [9.17, 15) is 0 Å². The van der Waals surface area contributed by atoms with E-state index in [0.717, 1.165) is 5.92 Å². The number of aromatic nitrogens is 1. The molecule has 0 saturated heterocycles. The van der Waals surface area contributed by atoms with E-state index in [4.69, 9.17) is 0 Å². The Bertz CT molecular complexity index is 484. The zero-order chi connectivity index (χ0) is 9.54. The molecule has 1 aliphatic rings. The Balaban J connectivity index is 2.30. The fraction of sp³-hybridized carbons (Fsp3) is 0.308. The van der Waals surface area contributed by atoms with E-state index in [0.29, 0.717) is 0 Å². The maximum absolute atomic E-state index is 4.54. The number of para-hydroxylation sites is 1. The van der Waals surface area contributed by atoms with Crippen LogP contribution in [0.25, 0.3) is 10.9 Å². The summed E-state index contributed by atoms with van der Waals surface area (Å²) in [7, 11) is 0. The van der Waals surface area contributed by atoms with Gasteiger partial charge in [-0.3, -0.25) is 4.98 Å². The second-order valence-corrected chi connectivity index (χ2v) is 4.21. The fourth-order valence-corrected chi connectivity index (χ4v) is 2.02. The van der Waals surface area contributed by atoms with Crippen LogP contribution in [-0.4, -0.2) is 4.98 Å². The first-order valence-corrected chi connectivity index (χ1v) is 5.20. The van der Waals surface area contributed by atoms with Crippen molar-refractivity contribution in [2.24, 2.45) is 0 Å². The highest BCUT2D eigenvalue weighted by Crippen LogP contribution is 2.42. The largest absolute Gasteiger partial charge is 0.256 e. The molecule has 1 aliphatic carbocycles. The molecule has 1 saturated carbocycles. The second kappa shape index (κ2) is 2.81. The van der Waals surface area contributed by atoms with Crippen molar-refractivity contribution < 1.29 is 0 Å². The number of benzene rings is 1. The summed E-state index contributed by atoms with van der Waals surface area (Å²) < 4.78 is 0. The molecule has 70 valence electrons. The van der Waals surface area contributed by atoms with Gasteiger partial charge in [0.2, 0.25) is 0 Å². The van der Waals surface area contributed by atoms with Crippen LogP contribution >= 0.6 is 0 Å². The van der Waals surface area contributed by atoms with Crippen molar-refractivity contribution in [2.45, 2.75) is 25.7 Å². The van der Waals surface area contributed by atoms with Crippen molar-refractivity contribution in [3.05, 3.63) is 41.6 Å². The molecule has 0 radical (unpaired) electrons. The Kier molecular flexibility index (Phi) is 1.60. The maximum Gasteiger partial charge on any atom is 0.0736 e. The average Bonchev–Trinajstić information content (AvgIpc) is 2.99. The number of rotatable bonds is 1. The zero-order valence-corrected chi connectivity index (χ0v) is 8.33. The van der Waals surface area contributed by atoms with Gasteiger partial charge in [0.05, 0.1) is 5.52 Å². The Morgan fingerprint density at radius 3 is 2.93 bits per heavy atom. The lowest BCUT2D eigenvalue weighted by atomic mass is 10.1. The van der Waals surface area contributed by atoms with Crippen molar-refractivity contribution >= 4 is 10.9 Å². The summed E-state index contributed by atoms with van der Waals surface area (Å²) in [6.45, 7) is 2.09. The summed E-state index contributed by atoms with van der Waals surface area (Å²) in [6, 6.07) is 8.74. The first-order chi connectivity index (χ1) is 6.84. The predicted molar refractivity (Wildman–Crippen MR) is 58.5 cm³/mol. The van der Waals surface area contributed by atoms with Crippen molar-refractivity contribution in [3.63, 3.8) is 0 Å². The molecule has 1 aromatic carbocycles. The molecule has 14 heavy (non-hydrogen) atoms. The number of hydrogen-bond donors (Lipinski definition) is 0. The molecule has 0 amide bonds. The third kappa shape index (κ3) is 1.20. The number of fused-ring (bicyclic) bond motifs is 1. The van der Waals surface area contributed by atoms with E-state index < -0.39 is 0 Å². The van der Waals surface area contributed by atoms with E-state index in [1.54, 1.807) is 0 Å². The second-order valence-electron chi connectivity index (χ2n) is 4.21. The van der Waals surface area contributed by atoms with Gasteiger partial charge in [0.1, 0.15) is 0 Å². The molecule has 1 fully saturated rings. The van der Waals surface area contributed by atoms with Gasteiger partial charge in [-0.1, -0.05) is 18.2 Å². The SMILES string of the molecule is Cc1cnc2c(C3CC3)cccc2c1.